The molecule has 1 unspecified atom stereocenters. The van der Waals surface area contributed by atoms with Gasteiger partial charge in [0.25, 0.3) is 0 Å². The average Bonchev–Trinajstić information content (AvgIpc) is 3.00. The first-order valence-corrected chi connectivity index (χ1v) is 6.86. The van der Waals surface area contributed by atoms with Crippen LogP contribution in [-0.4, -0.2) is 41.3 Å². The Morgan fingerprint density at radius 3 is 2.53 bits per heavy atom. The van der Waals surface area contributed by atoms with Gasteiger partial charge in [0, 0.05) is 24.5 Å². The molecule has 19 heavy (non-hydrogen) atoms. The molecule has 5 nitrogen and oxygen atoms in total. The second-order valence-electron chi connectivity index (χ2n) is 6.36. The Bertz CT molecular complexity index is 450. The van der Waals surface area contributed by atoms with Gasteiger partial charge in [-0.2, -0.15) is 5.10 Å². The minimum Gasteiger partial charge on any atom is -0.399 e. The molecule has 0 spiro atoms. The van der Waals surface area contributed by atoms with Crippen molar-refractivity contribution in [3.05, 3.63) is 12.4 Å². The zero-order valence-electron chi connectivity index (χ0n) is 12.0. The van der Waals surface area contributed by atoms with Crippen molar-refractivity contribution in [2.75, 3.05) is 13.2 Å². The van der Waals surface area contributed by atoms with E-state index in [1.54, 1.807) is 0 Å². The van der Waals surface area contributed by atoms with Crippen LogP contribution >= 0.6 is 0 Å². The molecule has 3 rings (SSSR count). The van der Waals surface area contributed by atoms with Crippen LogP contribution in [0.15, 0.2) is 12.4 Å². The largest absolute Gasteiger partial charge is 0.498 e. The first kappa shape index (κ1) is 13.2. The van der Waals surface area contributed by atoms with E-state index in [0.717, 1.165) is 25.1 Å². The Balaban J connectivity index is 1.77. The molecule has 0 bridgehead atoms. The molecular weight excluding hydrogens is 243 g/mol. The van der Waals surface area contributed by atoms with Gasteiger partial charge in [0.15, 0.2) is 0 Å². The highest BCUT2D eigenvalue weighted by atomic mass is 16.7. The predicted molar refractivity (Wildman–Crippen MR) is 72.4 cm³/mol. The smallest absolute Gasteiger partial charge is 0.399 e. The van der Waals surface area contributed by atoms with Crippen molar-refractivity contribution >= 4 is 12.6 Å². The molecule has 1 aromatic heterocycles. The van der Waals surface area contributed by atoms with Gasteiger partial charge in [0.1, 0.15) is 0 Å². The molecule has 2 aliphatic heterocycles. The van der Waals surface area contributed by atoms with Gasteiger partial charge in [-0.15, -0.1) is 0 Å². The standard InChI is InChI=1S/C13H21BN2O3/c1-12(2)13(3,4)19-14(18-12)10-7-15-16(8-10)11-5-6-17-9-11/h7-8,11H,5-6,9H2,1-4H3. The van der Waals surface area contributed by atoms with Crippen molar-refractivity contribution in [2.45, 2.75) is 51.4 Å². The molecular formula is C13H21BN2O3. The summed E-state index contributed by atoms with van der Waals surface area (Å²) >= 11 is 0. The lowest BCUT2D eigenvalue weighted by Crippen LogP contribution is -2.41. The number of hydrogen-bond acceptors (Lipinski definition) is 4. The van der Waals surface area contributed by atoms with Crippen molar-refractivity contribution in [1.29, 1.82) is 0 Å². The minimum absolute atomic E-state index is 0.309. The van der Waals surface area contributed by atoms with Crippen LogP contribution in [0.5, 0.6) is 0 Å². The van der Waals surface area contributed by atoms with Gasteiger partial charge in [0.05, 0.1) is 23.9 Å². The summed E-state index contributed by atoms with van der Waals surface area (Å²) in [6, 6.07) is 0.344. The van der Waals surface area contributed by atoms with E-state index in [1.165, 1.54) is 0 Å². The molecule has 2 saturated heterocycles. The Morgan fingerprint density at radius 2 is 1.95 bits per heavy atom. The van der Waals surface area contributed by atoms with E-state index in [9.17, 15) is 0 Å². The SMILES string of the molecule is CC1(C)OB(c2cnn(C3CCOC3)c2)OC1(C)C. The zero-order valence-corrected chi connectivity index (χ0v) is 12.0. The number of rotatable bonds is 2. The topological polar surface area (TPSA) is 45.5 Å². The molecule has 0 saturated carbocycles. The fourth-order valence-electron chi connectivity index (χ4n) is 2.38. The predicted octanol–water partition coefficient (Wildman–Crippen LogP) is 1.14. The van der Waals surface area contributed by atoms with Crippen molar-refractivity contribution in [1.82, 2.24) is 9.78 Å². The van der Waals surface area contributed by atoms with E-state index >= 15 is 0 Å². The average molecular weight is 264 g/mol. The first-order valence-electron chi connectivity index (χ1n) is 6.86. The minimum atomic E-state index is -0.332. The Labute approximate surface area is 114 Å². The molecule has 104 valence electrons. The van der Waals surface area contributed by atoms with Gasteiger partial charge < -0.3 is 14.0 Å². The maximum Gasteiger partial charge on any atom is 0.498 e. The molecule has 0 N–H and O–H groups in total. The van der Waals surface area contributed by atoms with Crippen LogP contribution in [0.3, 0.4) is 0 Å². The monoisotopic (exact) mass is 264 g/mol. The van der Waals surface area contributed by atoms with Crippen LogP contribution in [0, 0.1) is 0 Å². The molecule has 2 aliphatic rings. The summed E-state index contributed by atoms with van der Waals surface area (Å²) in [4.78, 5) is 0. The van der Waals surface area contributed by atoms with Crippen LogP contribution in [0.25, 0.3) is 0 Å². The van der Waals surface area contributed by atoms with Crippen LogP contribution in [0.2, 0.25) is 0 Å². The lowest BCUT2D eigenvalue weighted by Gasteiger charge is -2.32. The number of nitrogens with zero attached hydrogens (tertiary/aromatic N) is 2. The van der Waals surface area contributed by atoms with Gasteiger partial charge in [-0.05, 0) is 34.1 Å². The van der Waals surface area contributed by atoms with E-state index in [1.807, 2.05) is 17.1 Å². The van der Waals surface area contributed by atoms with Gasteiger partial charge in [0.2, 0.25) is 0 Å². The Hall–Kier alpha value is -0.845. The summed E-state index contributed by atoms with van der Waals surface area (Å²) < 4.78 is 19.4. The maximum absolute atomic E-state index is 6.02. The van der Waals surface area contributed by atoms with Gasteiger partial charge in [-0.1, -0.05) is 0 Å². The number of hydrogen-bond donors (Lipinski definition) is 0. The zero-order chi connectivity index (χ0) is 13.7. The molecule has 0 aliphatic carbocycles. The summed E-state index contributed by atoms with van der Waals surface area (Å²) in [7, 11) is -0.332. The second kappa shape index (κ2) is 4.33. The molecule has 1 atom stereocenters. The van der Waals surface area contributed by atoms with Crippen molar-refractivity contribution in [2.24, 2.45) is 0 Å². The van der Waals surface area contributed by atoms with Crippen molar-refractivity contribution in [3.8, 4) is 0 Å². The summed E-state index contributed by atoms with van der Waals surface area (Å²) in [5.74, 6) is 0. The third kappa shape index (κ3) is 2.22. The van der Waals surface area contributed by atoms with Gasteiger partial charge >= 0.3 is 7.12 Å². The van der Waals surface area contributed by atoms with Crippen molar-refractivity contribution in [3.63, 3.8) is 0 Å². The molecule has 2 fully saturated rings. The summed E-state index contributed by atoms with van der Waals surface area (Å²) in [6.45, 7) is 9.79. The van der Waals surface area contributed by atoms with Crippen LogP contribution in [0.4, 0.5) is 0 Å². The van der Waals surface area contributed by atoms with Gasteiger partial charge in [-0.3, -0.25) is 4.68 Å². The van der Waals surface area contributed by atoms with E-state index in [4.69, 9.17) is 14.0 Å². The molecule has 6 heteroatoms. The first-order chi connectivity index (χ1) is 8.89. The normalized spacial score (nSPS) is 29.1. The maximum atomic E-state index is 6.02. The van der Waals surface area contributed by atoms with E-state index in [0.29, 0.717) is 6.04 Å². The number of ether oxygens (including phenoxy) is 1. The molecule has 1 aromatic rings. The molecule has 0 radical (unpaired) electrons. The lowest BCUT2D eigenvalue weighted by molar-refractivity contribution is 0.00578. The molecule has 3 heterocycles. The van der Waals surface area contributed by atoms with E-state index in [-0.39, 0.29) is 18.3 Å². The Kier molecular flexibility index (Phi) is 3.00. The van der Waals surface area contributed by atoms with Crippen LogP contribution in [-0.2, 0) is 14.0 Å². The summed E-state index contributed by atoms with van der Waals surface area (Å²) in [6.07, 6.45) is 4.87. The molecule has 0 aromatic carbocycles. The molecule has 0 amide bonds. The van der Waals surface area contributed by atoms with Crippen molar-refractivity contribution < 1.29 is 14.0 Å². The fourth-order valence-corrected chi connectivity index (χ4v) is 2.38. The summed E-state index contributed by atoms with van der Waals surface area (Å²) in [5, 5.41) is 4.41. The van der Waals surface area contributed by atoms with E-state index in [2.05, 4.69) is 32.8 Å². The van der Waals surface area contributed by atoms with Crippen LogP contribution < -0.4 is 5.46 Å². The second-order valence-corrected chi connectivity index (χ2v) is 6.36. The van der Waals surface area contributed by atoms with Gasteiger partial charge in [-0.25, -0.2) is 0 Å². The summed E-state index contributed by atoms with van der Waals surface area (Å²) in [5.41, 5.74) is 0.359. The third-order valence-electron chi connectivity index (χ3n) is 4.43. The third-order valence-corrected chi connectivity index (χ3v) is 4.43. The Morgan fingerprint density at radius 1 is 1.26 bits per heavy atom. The quantitative estimate of drug-likeness (QED) is 0.751. The number of aromatic nitrogens is 2. The fraction of sp³-hybridized carbons (Fsp3) is 0.769. The van der Waals surface area contributed by atoms with Crippen LogP contribution in [0.1, 0.15) is 40.2 Å². The highest BCUT2D eigenvalue weighted by Crippen LogP contribution is 2.36. The highest BCUT2D eigenvalue weighted by Gasteiger charge is 2.52. The lowest BCUT2D eigenvalue weighted by atomic mass is 9.82. The highest BCUT2D eigenvalue weighted by molar-refractivity contribution is 6.61. The van der Waals surface area contributed by atoms with E-state index < -0.39 is 0 Å².